The standard InChI is InChI=1S/C26H14F2/c27-15-9-11-21-23(13-15)24-14-16(28)10-12-22(24)26(21)25-19-7-3-1-5-17(19)18-6-2-4-8-20(18)25/h1-14H/q+2. The van der Waals surface area contributed by atoms with Gasteiger partial charge in [0, 0.05) is 48.5 Å². The van der Waals surface area contributed by atoms with Gasteiger partial charge in [0.2, 0.25) is 0 Å². The summed E-state index contributed by atoms with van der Waals surface area (Å²) in [6.07, 6.45) is 0. The van der Waals surface area contributed by atoms with Gasteiger partial charge in [0.1, 0.15) is 45.7 Å². The van der Waals surface area contributed by atoms with Crippen molar-refractivity contribution >= 4 is 0 Å². The first kappa shape index (κ1) is 15.5. The van der Waals surface area contributed by atoms with Crippen molar-refractivity contribution in [3.05, 3.63) is 131 Å². The zero-order valence-electron chi connectivity index (χ0n) is 14.8. The summed E-state index contributed by atoms with van der Waals surface area (Å²) in [5.74, 6) is 1.55. The molecular formula is C26H14F2+2. The van der Waals surface area contributed by atoms with Gasteiger partial charge in [0.15, 0.2) is 0 Å². The maximum Gasteiger partial charge on any atom is 0.140 e. The van der Waals surface area contributed by atoms with Crippen molar-refractivity contribution in [1.29, 1.82) is 0 Å². The first-order valence-corrected chi connectivity index (χ1v) is 9.26. The van der Waals surface area contributed by atoms with Gasteiger partial charge in [-0.3, -0.25) is 0 Å². The van der Waals surface area contributed by atoms with Crippen molar-refractivity contribution in [2.75, 3.05) is 0 Å². The number of fused-ring (bicyclic) bond motifs is 6. The molecule has 0 saturated heterocycles. The van der Waals surface area contributed by atoms with E-state index < -0.39 is 0 Å². The first-order valence-electron chi connectivity index (χ1n) is 9.26. The molecule has 0 bridgehead atoms. The lowest BCUT2D eigenvalue weighted by molar-refractivity contribution is 0.626. The van der Waals surface area contributed by atoms with Crippen molar-refractivity contribution in [3.8, 4) is 22.3 Å². The van der Waals surface area contributed by atoms with Crippen LogP contribution in [0.15, 0.2) is 84.9 Å². The zero-order valence-corrected chi connectivity index (χ0v) is 14.8. The van der Waals surface area contributed by atoms with Crippen LogP contribution >= 0.6 is 0 Å². The van der Waals surface area contributed by atoms with E-state index in [4.69, 9.17) is 0 Å². The highest BCUT2D eigenvalue weighted by Crippen LogP contribution is 2.57. The third-order valence-corrected chi connectivity index (χ3v) is 5.73. The molecule has 4 aromatic carbocycles. The van der Waals surface area contributed by atoms with E-state index >= 15 is 0 Å². The number of hydrogen-bond donors (Lipinski definition) is 0. The van der Waals surface area contributed by atoms with Crippen LogP contribution in [0.5, 0.6) is 0 Å². The summed E-state index contributed by atoms with van der Waals surface area (Å²) in [5.41, 5.74) is 8.10. The fourth-order valence-corrected chi connectivity index (χ4v) is 4.62. The summed E-state index contributed by atoms with van der Waals surface area (Å²) in [5, 5.41) is 0. The molecule has 0 atom stereocenters. The van der Waals surface area contributed by atoms with Crippen LogP contribution in [0.1, 0.15) is 22.3 Å². The molecule has 6 rings (SSSR count). The first-order chi connectivity index (χ1) is 13.7. The number of benzene rings is 4. The molecular weight excluding hydrogens is 350 g/mol. The van der Waals surface area contributed by atoms with Gasteiger partial charge in [0.05, 0.1) is 22.3 Å². The van der Waals surface area contributed by atoms with E-state index in [2.05, 4.69) is 24.3 Å². The normalized spacial score (nSPS) is 13.2. The molecule has 0 fully saturated rings. The molecule has 0 spiro atoms. The SMILES string of the molecule is Fc1ccc2c(c1)-c1cc(F)ccc1[C+]2[C+]1c2ccccc2-c2ccccc21. The quantitative estimate of drug-likeness (QED) is 0.335. The van der Waals surface area contributed by atoms with Crippen LogP contribution in [0.3, 0.4) is 0 Å². The Labute approximate surface area is 162 Å². The monoisotopic (exact) mass is 364 g/mol. The predicted octanol–water partition coefficient (Wildman–Crippen LogP) is 6.57. The highest BCUT2D eigenvalue weighted by Gasteiger charge is 2.51. The van der Waals surface area contributed by atoms with Crippen LogP contribution in [0.4, 0.5) is 8.78 Å². The highest BCUT2D eigenvalue weighted by atomic mass is 19.1. The fourth-order valence-electron chi connectivity index (χ4n) is 4.62. The van der Waals surface area contributed by atoms with Gasteiger partial charge in [-0.05, 0) is 36.4 Å². The minimum Gasteiger partial charge on any atom is -0.205 e. The fraction of sp³-hybridized carbons (Fsp3) is 0. The number of hydrogen-bond acceptors (Lipinski definition) is 0. The Bertz CT molecular complexity index is 1160. The van der Waals surface area contributed by atoms with Crippen molar-refractivity contribution in [2.45, 2.75) is 0 Å². The molecule has 0 saturated carbocycles. The summed E-state index contributed by atoms with van der Waals surface area (Å²) in [6, 6.07) is 26.3. The Balaban J connectivity index is 1.66. The van der Waals surface area contributed by atoms with E-state index in [-0.39, 0.29) is 11.6 Å². The second-order valence-corrected chi connectivity index (χ2v) is 7.22. The maximum absolute atomic E-state index is 14.0. The van der Waals surface area contributed by atoms with Gasteiger partial charge in [-0.1, -0.05) is 0 Å². The van der Waals surface area contributed by atoms with Crippen LogP contribution in [0, 0.1) is 23.5 Å². The third-order valence-electron chi connectivity index (χ3n) is 5.73. The molecule has 0 unspecified atom stereocenters. The van der Waals surface area contributed by atoms with Gasteiger partial charge < -0.3 is 0 Å². The van der Waals surface area contributed by atoms with Crippen LogP contribution < -0.4 is 0 Å². The van der Waals surface area contributed by atoms with Gasteiger partial charge in [0.25, 0.3) is 0 Å². The Hall–Kier alpha value is -3.52. The minimum atomic E-state index is -0.313. The molecule has 0 heterocycles. The maximum atomic E-state index is 14.0. The molecule has 2 heteroatoms. The highest BCUT2D eigenvalue weighted by molar-refractivity contribution is 5.94. The molecule has 0 aromatic heterocycles. The zero-order chi connectivity index (χ0) is 18.8. The molecule has 0 radical (unpaired) electrons. The van der Waals surface area contributed by atoms with E-state index in [1.807, 2.05) is 36.4 Å². The van der Waals surface area contributed by atoms with Crippen molar-refractivity contribution < 1.29 is 8.78 Å². The van der Waals surface area contributed by atoms with E-state index in [1.54, 1.807) is 0 Å². The Morgan fingerprint density at radius 1 is 0.429 bits per heavy atom. The second kappa shape index (κ2) is 5.49. The van der Waals surface area contributed by atoms with Gasteiger partial charge in [-0.2, -0.15) is 0 Å². The Morgan fingerprint density at radius 3 is 1.29 bits per heavy atom. The molecule has 28 heavy (non-hydrogen) atoms. The van der Waals surface area contributed by atoms with E-state index in [9.17, 15) is 8.78 Å². The van der Waals surface area contributed by atoms with Crippen LogP contribution in [0.2, 0.25) is 0 Å². The smallest absolute Gasteiger partial charge is 0.140 e. The molecule has 0 N–H and O–H groups in total. The number of rotatable bonds is 1. The number of halogens is 2. The summed E-state index contributed by atoms with van der Waals surface area (Å²) in [6.45, 7) is 0. The summed E-state index contributed by atoms with van der Waals surface area (Å²) < 4.78 is 28.1. The Kier molecular flexibility index (Phi) is 3.05. The van der Waals surface area contributed by atoms with E-state index in [0.717, 1.165) is 45.2 Å². The second-order valence-electron chi connectivity index (χ2n) is 7.22. The molecule has 130 valence electrons. The summed E-state index contributed by atoms with van der Waals surface area (Å²) in [4.78, 5) is 0. The minimum absolute atomic E-state index is 0.313. The average molecular weight is 364 g/mol. The van der Waals surface area contributed by atoms with Crippen LogP contribution in [0.25, 0.3) is 22.3 Å². The third kappa shape index (κ3) is 1.97. The lowest BCUT2D eigenvalue weighted by Gasteiger charge is -2.13. The molecule has 2 aliphatic rings. The Morgan fingerprint density at radius 2 is 0.821 bits per heavy atom. The van der Waals surface area contributed by atoms with Gasteiger partial charge >= 0.3 is 0 Å². The summed E-state index contributed by atoms with van der Waals surface area (Å²) in [7, 11) is 0. The molecule has 4 aromatic rings. The molecule has 0 nitrogen and oxygen atoms in total. The summed E-state index contributed by atoms with van der Waals surface area (Å²) >= 11 is 0. The van der Waals surface area contributed by atoms with Crippen molar-refractivity contribution in [2.24, 2.45) is 0 Å². The van der Waals surface area contributed by atoms with E-state index in [1.165, 1.54) is 35.4 Å². The van der Waals surface area contributed by atoms with Crippen LogP contribution in [-0.4, -0.2) is 0 Å². The lowest BCUT2D eigenvalue weighted by Crippen LogP contribution is -2.12. The largest absolute Gasteiger partial charge is 0.205 e. The molecule has 2 aliphatic carbocycles. The van der Waals surface area contributed by atoms with Crippen LogP contribution in [-0.2, 0) is 0 Å². The van der Waals surface area contributed by atoms with Crippen molar-refractivity contribution in [3.63, 3.8) is 0 Å². The molecule has 0 aliphatic heterocycles. The van der Waals surface area contributed by atoms with Crippen molar-refractivity contribution in [1.82, 2.24) is 0 Å². The average Bonchev–Trinajstić information content (AvgIpc) is 3.20. The lowest BCUT2D eigenvalue weighted by atomic mass is 9.78. The predicted molar refractivity (Wildman–Crippen MR) is 107 cm³/mol. The molecule has 0 amide bonds. The van der Waals surface area contributed by atoms with Gasteiger partial charge in [-0.15, -0.1) is 0 Å². The van der Waals surface area contributed by atoms with Gasteiger partial charge in [-0.25, -0.2) is 8.78 Å². The van der Waals surface area contributed by atoms with E-state index in [0.29, 0.717) is 0 Å². The topological polar surface area (TPSA) is 0 Å².